The summed E-state index contributed by atoms with van der Waals surface area (Å²) in [4.78, 5) is 56.7. The smallest absolute Gasteiger partial charge is 0.326 e. The lowest BCUT2D eigenvalue weighted by Gasteiger charge is -2.27. The molecular weight excluding hydrogens is 464 g/mol. The van der Waals surface area contributed by atoms with Crippen LogP contribution in [-0.2, 0) is 25.6 Å². The van der Waals surface area contributed by atoms with Crippen molar-refractivity contribution in [3.8, 4) is 0 Å². The summed E-state index contributed by atoms with van der Waals surface area (Å²) in [5, 5.41) is 27.0. The largest absolute Gasteiger partial charge is 0.480 e. The van der Waals surface area contributed by atoms with Crippen LogP contribution in [0, 0.1) is 5.92 Å². The number of carboxylic acid groups (broad SMARTS) is 1. The maximum absolute atomic E-state index is 13.0. The van der Waals surface area contributed by atoms with Crippen LogP contribution < -0.4 is 21.7 Å². The summed E-state index contributed by atoms with van der Waals surface area (Å²) in [6.07, 6.45) is 4.35. The summed E-state index contributed by atoms with van der Waals surface area (Å²) in [5.41, 5.74) is 6.37. The van der Waals surface area contributed by atoms with Crippen molar-refractivity contribution in [3.63, 3.8) is 0 Å². The molecule has 0 spiro atoms. The third-order valence-corrected chi connectivity index (χ3v) is 6.07. The van der Waals surface area contributed by atoms with Crippen molar-refractivity contribution in [1.82, 2.24) is 25.9 Å². The average Bonchev–Trinajstić information content (AvgIpc) is 3.30. The lowest BCUT2D eigenvalue weighted by Crippen LogP contribution is -2.60. The molecule has 0 saturated heterocycles. The second-order valence-corrected chi connectivity index (χ2v) is 9.15. The molecule has 1 heterocycles. The predicted octanol–water partition coefficient (Wildman–Crippen LogP) is -1.00. The van der Waals surface area contributed by atoms with Crippen LogP contribution in [0.1, 0.15) is 39.3 Å². The molecule has 0 bridgehead atoms. The van der Waals surface area contributed by atoms with Gasteiger partial charge >= 0.3 is 5.97 Å². The normalized spacial score (nSPS) is 16.4. The molecule has 0 fully saturated rings. The molecule has 34 heavy (non-hydrogen) atoms. The Balaban J connectivity index is 3.03. The number of aliphatic hydroxyl groups is 1. The molecule has 0 aliphatic carbocycles. The lowest BCUT2D eigenvalue weighted by molar-refractivity contribution is -0.144. The third-order valence-electron chi connectivity index (χ3n) is 5.42. The highest BCUT2D eigenvalue weighted by molar-refractivity contribution is 7.98. The number of carbonyl (C=O) groups excluding carboxylic acids is 3. The molecule has 8 N–H and O–H groups in total. The topological polar surface area (TPSA) is 200 Å². The van der Waals surface area contributed by atoms with E-state index >= 15 is 0 Å². The number of nitrogens with zero attached hydrogens (tertiary/aromatic N) is 1. The van der Waals surface area contributed by atoms with E-state index in [0.717, 1.165) is 0 Å². The summed E-state index contributed by atoms with van der Waals surface area (Å²) in [6, 6.07) is -4.57. The van der Waals surface area contributed by atoms with Gasteiger partial charge in [-0.25, -0.2) is 9.78 Å². The van der Waals surface area contributed by atoms with Gasteiger partial charge in [0, 0.05) is 18.3 Å². The van der Waals surface area contributed by atoms with Crippen molar-refractivity contribution in [2.45, 2.75) is 70.3 Å². The molecule has 192 valence electrons. The molecule has 0 aliphatic rings. The van der Waals surface area contributed by atoms with E-state index < -0.39 is 54.0 Å². The molecule has 12 nitrogen and oxygen atoms in total. The van der Waals surface area contributed by atoms with Gasteiger partial charge in [0.2, 0.25) is 17.7 Å². The summed E-state index contributed by atoms with van der Waals surface area (Å²) in [7, 11) is 0. The maximum Gasteiger partial charge on any atom is 0.326 e. The Morgan fingerprint density at radius 1 is 1.12 bits per heavy atom. The molecule has 6 unspecified atom stereocenters. The minimum atomic E-state index is -1.37. The van der Waals surface area contributed by atoms with E-state index in [0.29, 0.717) is 24.3 Å². The zero-order chi connectivity index (χ0) is 25.8. The fourth-order valence-corrected chi connectivity index (χ4v) is 3.56. The molecule has 1 aromatic rings. The first-order valence-corrected chi connectivity index (χ1v) is 12.4. The van der Waals surface area contributed by atoms with Gasteiger partial charge in [-0.3, -0.25) is 14.4 Å². The zero-order valence-corrected chi connectivity index (χ0v) is 20.7. The third kappa shape index (κ3) is 9.31. The number of aromatic amines is 1. The molecule has 0 radical (unpaired) electrons. The monoisotopic (exact) mass is 500 g/mol. The molecule has 6 atom stereocenters. The van der Waals surface area contributed by atoms with E-state index in [1.807, 2.05) is 6.26 Å². The van der Waals surface area contributed by atoms with Crippen molar-refractivity contribution < 1.29 is 29.4 Å². The second-order valence-electron chi connectivity index (χ2n) is 8.17. The van der Waals surface area contributed by atoms with Gasteiger partial charge in [0.05, 0.1) is 18.5 Å². The summed E-state index contributed by atoms with van der Waals surface area (Å²) < 4.78 is 0. The first-order valence-electron chi connectivity index (χ1n) is 11.0. The molecule has 0 saturated carbocycles. The number of amides is 3. The number of aromatic nitrogens is 2. The number of nitrogens with two attached hydrogens (primary N) is 1. The van der Waals surface area contributed by atoms with Gasteiger partial charge in [0.1, 0.15) is 18.1 Å². The van der Waals surface area contributed by atoms with Crippen molar-refractivity contribution >= 4 is 35.5 Å². The zero-order valence-electron chi connectivity index (χ0n) is 19.9. The number of carboxylic acids is 1. The molecular formula is C21H36N6O6S. The van der Waals surface area contributed by atoms with Crippen molar-refractivity contribution in [2.24, 2.45) is 11.7 Å². The fourth-order valence-electron chi connectivity index (χ4n) is 3.07. The molecule has 0 aromatic carbocycles. The number of carbonyl (C=O) groups is 4. The van der Waals surface area contributed by atoms with Gasteiger partial charge in [-0.2, -0.15) is 11.8 Å². The van der Waals surface area contributed by atoms with E-state index in [2.05, 4.69) is 25.9 Å². The van der Waals surface area contributed by atoms with Crippen molar-refractivity contribution in [3.05, 3.63) is 18.2 Å². The number of thioether (sulfide) groups is 1. The Morgan fingerprint density at radius 2 is 1.76 bits per heavy atom. The van der Waals surface area contributed by atoms with Crippen LogP contribution in [0.3, 0.4) is 0 Å². The number of nitrogens with one attached hydrogen (secondary N) is 4. The first kappa shape index (κ1) is 29.4. The molecule has 1 aromatic heterocycles. The molecule has 13 heteroatoms. The standard InChI is InChI=1S/C21H36N6O6S/c1-5-11(2)16(21(32)33)26-19(30)15(8-13-9-23-10-24-13)25-20(31)17(12(3)28)27-18(29)14(22)6-7-34-4/h9-12,14-17,28H,5-8,22H2,1-4H3,(H,23,24)(H,25,31)(H,26,30)(H,27,29)(H,32,33). The minimum Gasteiger partial charge on any atom is -0.480 e. The Morgan fingerprint density at radius 3 is 2.26 bits per heavy atom. The summed E-state index contributed by atoms with van der Waals surface area (Å²) in [6.45, 7) is 4.82. The molecule has 1 rings (SSSR count). The molecule has 3 amide bonds. The van der Waals surface area contributed by atoms with Crippen molar-refractivity contribution in [1.29, 1.82) is 0 Å². The van der Waals surface area contributed by atoms with Crippen LogP contribution >= 0.6 is 11.8 Å². The number of aliphatic hydroxyl groups excluding tert-OH is 1. The summed E-state index contributed by atoms with van der Waals surface area (Å²) in [5.74, 6) is -3.03. The average molecular weight is 501 g/mol. The van der Waals surface area contributed by atoms with Gasteiger partial charge in [0.15, 0.2) is 0 Å². The Hall–Kier alpha value is -2.64. The molecule has 0 aliphatic heterocycles. The van der Waals surface area contributed by atoms with Crippen LogP contribution in [0.15, 0.2) is 12.5 Å². The number of aliphatic carboxylic acids is 1. The fraction of sp³-hybridized carbons (Fsp3) is 0.667. The van der Waals surface area contributed by atoms with E-state index in [1.54, 1.807) is 13.8 Å². The van der Waals surface area contributed by atoms with Gasteiger partial charge in [-0.1, -0.05) is 20.3 Å². The van der Waals surface area contributed by atoms with E-state index in [4.69, 9.17) is 5.73 Å². The van der Waals surface area contributed by atoms with E-state index in [1.165, 1.54) is 31.2 Å². The second kappa shape index (κ2) is 14.6. The number of hydrogen-bond donors (Lipinski definition) is 7. The van der Waals surface area contributed by atoms with Gasteiger partial charge in [-0.15, -0.1) is 0 Å². The Bertz CT molecular complexity index is 806. The highest BCUT2D eigenvalue weighted by atomic mass is 32.2. The first-order chi connectivity index (χ1) is 16.0. The lowest BCUT2D eigenvalue weighted by atomic mass is 9.98. The van der Waals surface area contributed by atoms with Gasteiger partial charge < -0.3 is 36.9 Å². The van der Waals surface area contributed by atoms with Crippen molar-refractivity contribution in [2.75, 3.05) is 12.0 Å². The summed E-state index contributed by atoms with van der Waals surface area (Å²) >= 11 is 1.52. The van der Waals surface area contributed by atoms with E-state index in [9.17, 15) is 29.4 Å². The number of rotatable bonds is 15. The quantitative estimate of drug-likeness (QED) is 0.158. The Kier molecular flexibility index (Phi) is 12.6. The maximum atomic E-state index is 13.0. The highest BCUT2D eigenvalue weighted by Crippen LogP contribution is 2.10. The Labute approximate surface area is 203 Å². The van der Waals surface area contributed by atoms with Crippen LogP contribution in [-0.4, -0.2) is 86.2 Å². The predicted molar refractivity (Wildman–Crippen MR) is 128 cm³/mol. The van der Waals surface area contributed by atoms with Gasteiger partial charge in [-0.05, 0) is 31.3 Å². The number of imidazole rings is 1. The SMILES string of the molecule is CCC(C)C(NC(=O)C(Cc1cnc[nH]1)NC(=O)C(NC(=O)C(N)CCSC)C(C)O)C(=O)O. The van der Waals surface area contributed by atoms with Crippen LogP contribution in [0.2, 0.25) is 0 Å². The van der Waals surface area contributed by atoms with Crippen LogP contribution in [0.4, 0.5) is 0 Å². The van der Waals surface area contributed by atoms with Crippen LogP contribution in [0.25, 0.3) is 0 Å². The highest BCUT2D eigenvalue weighted by Gasteiger charge is 2.33. The van der Waals surface area contributed by atoms with Gasteiger partial charge in [0.25, 0.3) is 0 Å². The van der Waals surface area contributed by atoms with Crippen LogP contribution in [0.5, 0.6) is 0 Å². The number of hydrogen-bond acceptors (Lipinski definition) is 8. The van der Waals surface area contributed by atoms with E-state index in [-0.39, 0.29) is 12.3 Å². The number of H-pyrrole nitrogens is 1. The minimum absolute atomic E-state index is 0.0157.